The average molecular weight is 222 g/mol. The lowest BCUT2D eigenvalue weighted by Gasteiger charge is -2.42. The van der Waals surface area contributed by atoms with Crippen LogP contribution in [0.25, 0.3) is 0 Å². The van der Waals surface area contributed by atoms with Crippen molar-refractivity contribution in [3.63, 3.8) is 0 Å². The summed E-state index contributed by atoms with van der Waals surface area (Å²) in [5.41, 5.74) is 0. The number of amides is 1. The molecule has 1 N–H and O–H groups in total. The predicted octanol–water partition coefficient (Wildman–Crippen LogP) is 0.115. The van der Waals surface area contributed by atoms with E-state index in [2.05, 4.69) is 29.0 Å². The van der Waals surface area contributed by atoms with Crippen molar-refractivity contribution in [3.8, 4) is 0 Å². The van der Waals surface area contributed by atoms with E-state index in [0.717, 1.165) is 18.9 Å². The molecule has 2 heterocycles. The Bertz CT molecular complexity index is 341. The van der Waals surface area contributed by atoms with Crippen LogP contribution in [0.3, 0.4) is 0 Å². The minimum Gasteiger partial charge on any atom is -0.349 e. The first kappa shape index (κ1) is 11.1. The summed E-state index contributed by atoms with van der Waals surface area (Å²) in [6, 6.07) is 0.535. The highest BCUT2D eigenvalue weighted by atomic mass is 16.2. The number of hydrogen-bond acceptors (Lipinski definition) is 3. The predicted molar refractivity (Wildman–Crippen MR) is 61.0 cm³/mol. The van der Waals surface area contributed by atoms with Gasteiger partial charge in [-0.15, -0.1) is 0 Å². The molecule has 0 atom stereocenters. The van der Waals surface area contributed by atoms with E-state index in [-0.39, 0.29) is 5.91 Å². The molecular weight excluding hydrogens is 204 g/mol. The maximum Gasteiger partial charge on any atom is 0.223 e. The van der Waals surface area contributed by atoms with Crippen molar-refractivity contribution in [1.82, 2.24) is 19.8 Å². The first-order valence-corrected chi connectivity index (χ1v) is 5.59. The summed E-state index contributed by atoms with van der Waals surface area (Å²) in [4.78, 5) is 22.9. The summed E-state index contributed by atoms with van der Waals surface area (Å²) >= 11 is 0. The molecule has 1 aliphatic rings. The van der Waals surface area contributed by atoms with E-state index >= 15 is 0 Å². The van der Waals surface area contributed by atoms with Crippen LogP contribution >= 0.6 is 0 Å². The average Bonchev–Trinajstić information content (AvgIpc) is 2.63. The first-order chi connectivity index (χ1) is 7.66. The number of aromatic amines is 1. The van der Waals surface area contributed by atoms with Crippen LogP contribution in [-0.4, -0.2) is 58.9 Å². The summed E-state index contributed by atoms with van der Waals surface area (Å²) in [5, 5.41) is 0. The molecule has 16 heavy (non-hydrogen) atoms. The van der Waals surface area contributed by atoms with E-state index in [4.69, 9.17) is 0 Å². The molecule has 0 radical (unpaired) electrons. The lowest BCUT2D eigenvalue weighted by Crippen LogP contribution is -2.59. The summed E-state index contributed by atoms with van der Waals surface area (Å²) in [5.74, 6) is 1.12. The van der Waals surface area contributed by atoms with Gasteiger partial charge in [0.15, 0.2) is 0 Å². The van der Waals surface area contributed by atoms with Gasteiger partial charge in [-0.25, -0.2) is 4.98 Å². The van der Waals surface area contributed by atoms with E-state index in [9.17, 15) is 4.79 Å². The van der Waals surface area contributed by atoms with Crippen LogP contribution in [0, 0.1) is 0 Å². The van der Waals surface area contributed by atoms with Crippen molar-refractivity contribution in [3.05, 3.63) is 18.2 Å². The Morgan fingerprint density at radius 1 is 1.62 bits per heavy atom. The van der Waals surface area contributed by atoms with Gasteiger partial charge < -0.3 is 14.8 Å². The second-order valence-electron chi connectivity index (χ2n) is 4.45. The van der Waals surface area contributed by atoms with Crippen molar-refractivity contribution in [2.75, 3.05) is 27.2 Å². The van der Waals surface area contributed by atoms with Gasteiger partial charge in [0.1, 0.15) is 5.82 Å². The molecular formula is C11H18N4O. The SMILES string of the molecule is CN(C)C1CN(C(=O)CCc2ncc[nH]2)C1. The Balaban J connectivity index is 1.70. The van der Waals surface area contributed by atoms with Gasteiger partial charge in [0.05, 0.1) is 0 Å². The molecule has 0 spiro atoms. The first-order valence-electron chi connectivity index (χ1n) is 5.59. The minimum absolute atomic E-state index is 0.231. The molecule has 1 aromatic heterocycles. The Labute approximate surface area is 95.5 Å². The third-order valence-corrected chi connectivity index (χ3v) is 3.08. The molecule has 1 aliphatic heterocycles. The number of imidazole rings is 1. The highest BCUT2D eigenvalue weighted by Gasteiger charge is 2.31. The maximum atomic E-state index is 11.8. The Morgan fingerprint density at radius 2 is 2.38 bits per heavy atom. The number of H-pyrrole nitrogens is 1. The van der Waals surface area contributed by atoms with E-state index in [1.54, 1.807) is 12.4 Å². The maximum absolute atomic E-state index is 11.8. The van der Waals surface area contributed by atoms with Crippen molar-refractivity contribution in [2.45, 2.75) is 18.9 Å². The van der Waals surface area contributed by atoms with Crippen LogP contribution in [0.2, 0.25) is 0 Å². The van der Waals surface area contributed by atoms with Crippen LogP contribution in [-0.2, 0) is 11.2 Å². The standard InChI is InChI=1S/C11H18N4O/c1-14(2)9-7-15(8-9)11(16)4-3-10-12-5-6-13-10/h5-6,9H,3-4,7-8H2,1-2H3,(H,12,13). The smallest absolute Gasteiger partial charge is 0.223 e. The minimum atomic E-state index is 0.231. The lowest BCUT2D eigenvalue weighted by atomic mass is 10.1. The van der Waals surface area contributed by atoms with Gasteiger partial charge in [-0.1, -0.05) is 0 Å². The Morgan fingerprint density at radius 3 is 2.94 bits per heavy atom. The number of likely N-dealkylation sites (tertiary alicyclic amines) is 1. The van der Waals surface area contributed by atoms with Crippen molar-refractivity contribution in [2.24, 2.45) is 0 Å². The van der Waals surface area contributed by atoms with Gasteiger partial charge in [0.25, 0.3) is 0 Å². The second kappa shape index (κ2) is 4.65. The normalized spacial score (nSPS) is 16.6. The fraction of sp³-hybridized carbons (Fsp3) is 0.636. The number of likely N-dealkylation sites (N-methyl/N-ethyl adjacent to an activating group) is 1. The molecule has 5 heteroatoms. The van der Waals surface area contributed by atoms with E-state index < -0.39 is 0 Å². The zero-order chi connectivity index (χ0) is 11.5. The van der Waals surface area contributed by atoms with Gasteiger partial charge in [-0.2, -0.15) is 0 Å². The van der Waals surface area contributed by atoms with Gasteiger partial charge >= 0.3 is 0 Å². The van der Waals surface area contributed by atoms with Gasteiger partial charge in [-0.05, 0) is 14.1 Å². The van der Waals surface area contributed by atoms with Crippen LogP contribution in [0.15, 0.2) is 12.4 Å². The fourth-order valence-corrected chi connectivity index (χ4v) is 1.80. The van der Waals surface area contributed by atoms with Crippen molar-refractivity contribution >= 4 is 5.91 Å². The lowest BCUT2D eigenvalue weighted by molar-refractivity contribution is -0.137. The molecule has 1 fully saturated rings. The molecule has 2 rings (SSSR count). The molecule has 1 amide bonds. The second-order valence-corrected chi connectivity index (χ2v) is 4.45. The van der Waals surface area contributed by atoms with Crippen LogP contribution in [0.1, 0.15) is 12.2 Å². The summed E-state index contributed by atoms with van der Waals surface area (Å²) in [6.07, 6.45) is 4.75. The monoisotopic (exact) mass is 222 g/mol. The number of rotatable bonds is 4. The van der Waals surface area contributed by atoms with E-state index in [1.807, 2.05) is 4.90 Å². The largest absolute Gasteiger partial charge is 0.349 e. The van der Waals surface area contributed by atoms with Crippen molar-refractivity contribution < 1.29 is 4.79 Å². The molecule has 0 bridgehead atoms. The van der Waals surface area contributed by atoms with E-state index in [1.165, 1.54) is 0 Å². The van der Waals surface area contributed by atoms with Gasteiger partial charge in [-0.3, -0.25) is 4.79 Å². The van der Waals surface area contributed by atoms with Crippen LogP contribution in [0.5, 0.6) is 0 Å². The molecule has 1 aromatic rings. The number of hydrogen-bond donors (Lipinski definition) is 1. The molecule has 88 valence electrons. The topological polar surface area (TPSA) is 52.2 Å². The van der Waals surface area contributed by atoms with Gasteiger partial charge in [0, 0.05) is 44.4 Å². The number of nitrogens with zero attached hydrogens (tertiary/aromatic N) is 3. The number of nitrogens with one attached hydrogen (secondary N) is 1. The molecule has 0 aromatic carbocycles. The Kier molecular flexibility index (Phi) is 3.24. The van der Waals surface area contributed by atoms with Crippen LogP contribution < -0.4 is 0 Å². The molecule has 0 aliphatic carbocycles. The number of aryl methyl sites for hydroxylation is 1. The molecule has 1 saturated heterocycles. The van der Waals surface area contributed by atoms with E-state index in [0.29, 0.717) is 18.9 Å². The molecule has 0 saturated carbocycles. The number of carbonyl (C=O) groups is 1. The Hall–Kier alpha value is -1.36. The van der Waals surface area contributed by atoms with Gasteiger partial charge in [0.2, 0.25) is 5.91 Å². The zero-order valence-corrected chi connectivity index (χ0v) is 9.81. The summed E-state index contributed by atoms with van der Waals surface area (Å²) in [6.45, 7) is 1.73. The quantitative estimate of drug-likeness (QED) is 0.787. The number of carbonyl (C=O) groups excluding carboxylic acids is 1. The molecule has 5 nitrogen and oxygen atoms in total. The van der Waals surface area contributed by atoms with Crippen LogP contribution in [0.4, 0.5) is 0 Å². The molecule has 0 unspecified atom stereocenters. The highest BCUT2D eigenvalue weighted by molar-refractivity contribution is 5.77. The fourth-order valence-electron chi connectivity index (χ4n) is 1.80. The highest BCUT2D eigenvalue weighted by Crippen LogP contribution is 2.13. The van der Waals surface area contributed by atoms with Crippen molar-refractivity contribution in [1.29, 1.82) is 0 Å². The summed E-state index contributed by atoms with van der Waals surface area (Å²) < 4.78 is 0. The zero-order valence-electron chi connectivity index (χ0n) is 9.81. The summed E-state index contributed by atoms with van der Waals surface area (Å²) in [7, 11) is 4.10. The third kappa shape index (κ3) is 2.41. The third-order valence-electron chi connectivity index (χ3n) is 3.08. The number of aromatic nitrogens is 2.